The van der Waals surface area contributed by atoms with E-state index in [0.29, 0.717) is 12.1 Å². The van der Waals surface area contributed by atoms with Crippen LogP contribution in [0.2, 0.25) is 39.3 Å². The lowest BCUT2D eigenvalue weighted by Gasteiger charge is -2.40. The van der Waals surface area contributed by atoms with Gasteiger partial charge in [0.25, 0.3) is 17.0 Å². The number of rotatable bonds is 10. The van der Waals surface area contributed by atoms with Gasteiger partial charge in [-0.3, -0.25) is 0 Å². The van der Waals surface area contributed by atoms with Crippen molar-refractivity contribution in [1.29, 1.82) is 0 Å². The van der Waals surface area contributed by atoms with Crippen LogP contribution in [0.1, 0.15) is 40.5 Å². The van der Waals surface area contributed by atoms with Gasteiger partial charge in [0.05, 0.1) is 0 Å². The van der Waals surface area contributed by atoms with Gasteiger partial charge in [0.15, 0.2) is 0 Å². The molecular formula is C14H38N2O2Si3. The molecule has 7 heteroatoms. The van der Waals surface area contributed by atoms with Crippen LogP contribution in [0.4, 0.5) is 0 Å². The van der Waals surface area contributed by atoms with Gasteiger partial charge in [-0.2, -0.15) is 0 Å². The first kappa shape index (κ1) is 21.5. The summed E-state index contributed by atoms with van der Waals surface area (Å²) in [6.07, 6.45) is 2.25. The summed E-state index contributed by atoms with van der Waals surface area (Å²) in [5, 5.41) is 0. The van der Waals surface area contributed by atoms with E-state index in [9.17, 15) is 0 Å². The summed E-state index contributed by atoms with van der Waals surface area (Å²) in [5.74, 6) is 0. The molecule has 0 aliphatic rings. The molecule has 0 bridgehead atoms. The van der Waals surface area contributed by atoms with E-state index in [-0.39, 0.29) is 0 Å². The van der Waals surface area contributed by atoms with E-state index >= 15 is 0 Å². The molecule has 0 amide bonds. The van der Waals surface area contributed by atoms with Crippen molar-refractivity contribution in [3.8, 4) is 0 Å². The molecule has 0 saturated heterocycles. The highest BCUT2D eigenvalue weighted by Gasteiger charge is 2.40. The van der Waals surface area contributed by atoms with E-state index in [1.165, 1.54) is 0 Å². The topological polar surface area (TPSA) is 42.5 Å². The molecule has 0 aliphatic carbocycles. The van der Waals surface area contributed by atoms with Crippen LogP contribution in [-0.4, -0.2) is 37.6 Å². The van der Waals surface area contributed by atoms with Crippen LogP contribution in [-0.2, 0) is 8.23 Å². The average Bonchev–Trinajstić information content (AvgIpc) is 2.23. The molecule has 0 aromatic rings. The molecule has 2 unspecified atom stereocenters. The second-order valence-corrected chi connectivity index (χ2v) is 18.6. The third kappa shape index (κ3) is 9.98. The summed E-state index contributed by atoms with van der Waals surface area (Å²) in [7, 11) is -5.91. The van der Waals surface area contributed by atoms with E-state index in [2.05, 4.69) is 76.9 Å². The molecule has 0 aromatic carbocycles. The van der Waals surface area contributed by atoms with Crippen molar-refractivity contribution in [2.75, 3.05) is 0 Å². The summed E-state index contributed by atoms with van der Waals surface area (Å²) < 4.78 is 13.0. The van der Waals surface area contributed by atoms with Crippen LogP contribution in [0.25, 0.3) is 0 Å². The molecule has 0 aliphatic heterocycles. The van der Waals surface area contributed by atoms with Gasteiger partial charge in [-0.25, -0.2) is 0 Å². The fraction of sp³-hybridized carbons (Fsp3) is 1.00. The van der Waals surface area contributed by atoms with Crippen molar-refractivity contribution in [3.63, 3.8) is 0 Å². The second kappa shape index (κ2) is 8.37. The van der Waals surface area contributed by atoms with E-state index in [1.807, 2.05) is 0 Å². The SMILES string of the molecule is CCC(C)N[Si](C)(C)O[Si](C)(C)O[Si](C)(C)NC(C)CC. The van der Waals surface area contributed by atoms with Crippen molar-refractivity contribution in [1.82, 2.24) is 9.96 Å². The normalized spacial score (nSPS) is 16.9. The maximum Gasteiger partial charge on any atom is 0.312 e. The van der Waals surface area contributed by atoms with Gasteiger partial charge < -0.3 is 18.2 Å². The summed E-state index contributed by atoms with van der Waals surface area (Å²) in [6, 6.07) is 1.000. The minimum Gasteiger partial charge on any atom is -0.424 e. The van der Waals surface area contributed by atoms with E-state index in [1.54, 1.807) is 0 Å². The molecule has 0 rings (SSSR count). The maximum absolute atomic E-state index is 6.49. The Morgan fingerprint density at radius 2 is 1.00 bits per heavy atom. The molecule has 0 saturated carbocycles. The summed E-state index contributed by atoms with van der Waals surface area (Å²) in [6.45, 7) is 22.1. The molecule has 0 spiro atoms. The summed E-state index contributed by atoms with van der Waals surface area (Å²) >= 11 is 0. The molecule has 21 heavy (non-hydrogen) atoms. The zero-order chi connectivity index (χ0) is 16.9. The fourth-order valence-electron chi connectivity index (χ4n) is 2.70. The lowest BCUT2D eigenvalue weighted by atomic mass is 10.3. The van der Waals surface area contributed by atoms with Gasteiger partial charge in [-0.1, -0.05) is 27.7 Å². The van der Waals surface area contributed by atoms with Crippen molar-refractivity contribution in [3.05, 3.63) is 0 Å². The van der Waals surface area contributed by atoms with Crippen LogP contribution in [0.5, 0.6) is 0 Å². The first-order valence-electron chi connectivity index (χ1n) is 8.28. The Kier molecular flexibility index (Phi) is 8.57. The minimum atomic E-state index is -2.13. The second-order valence-electron chi connectivity index (χ2n) is 7.53. The fourth-order valence-corrected chi connectivity index (χ4v) is 16.3. The van der Waals surface area contributed by atoms with Gasteiger partial charge in [-0.15, -0.1) is 0 Å². The third-order valence-electron chi connectivity index (χ3n) is 3.41. The molecule has 0 aromatic heterocycles. The minimum absolute atomic E-state index is 0.500. The van der Waals surface area contributed by atoms with Crippen LogP contribution in [0, 0.1) is 0 Å². The lowest BCUT2D eigenvalue weighted by Crippen LogP contribution is -2.63. The molecule has 0 heterocycles. The standard InChI is InChI=1S/C14H38N2O2Si3/c1-11-13(3)15-19(5,6)17-21(9,10)18-20(7,8)16-14(4)12-2/h13-16H,11-12H2,1-10H3. The smallest absolute Gasteiger partial charge is 0.312 e. The molecule has 0 fully saturated rings. The largest absolute Gasteiger partial charge is 0.424 e. The van der Waals surface area contributed by atoms with Crippen LogP contribution in [0.3, 0.4) is 0 Å². The number of hydrogen-bond donors (Lipinski definition) is 2. The first-order chi connectivity index (χ1) is 9.32. The highest BCUT2D eigenvalue weighted by atomic mass is 28.5. The van der Waals surface area contributed by atoms with Crippen LogP contribution < -0.4 is 9.96 Å². The van der Waals surface area contributed by atoms with Gasteiger partial charge in [0, 0.05) is 0 Å². The maximum atomic E-state index is 6.49. The Balaban J connectivity index is 4.67. The monoisotopic (exact) mass is 350 g/mol. The van der Waals surface area contributed by atoms with Crippen molar-refractivity contribution in [2.45, 2.75) is 91.9 Å². The predicted octanol–water partition coefficient (Wildman–Crippen LogP) is 3.90. The Morgan fingerprint density at radius 1 is 0.714 bits per heavy atom. The van der Waals surface area contributed by atoms with Gasteiger partial charge in [0.1, 0.15) is 0 Å². The molecule has 2 N–H and O–H groups in total. The van der Waals surface area contributed by atoms with Crippen LogP contribution in [0.15, 0.2) is 0 Å². The quantitative estimate of drug-likeness (QED) is 0.586. The Morgan fingerprint density at radius 3 is 1.24 bits per heavy atom. The number of nitrogens with one attached hydrogen (secondary N) is 2. The molecule has 0 radical (unpaired) electrons. The average molecular weight is 351 g/mol. The molecule has 2 atom stereocenters. The summed E-state index contributed by atoms with van der Waals surface area (Å²) in [4.78, 5) is 7.33. The molecular weight excluding hydrogens is 312 g/mol. The third-order valence-corrected chi connectivity index (χ3v) is 13.8. The predicted molar refractivity (Wildman–Crippen MR) is 100 cm³/mol. The molecule has 4 nitrogen and oxygen atoms in total. The van der Waals surface area contributed by atoms with Crippen molar-refractivity contribution < 1.29 is 8.23 Å². The van der Waals surface area contributed by atoms with Gasteiger partial charge in [0.2, 0.25) is 0 Å². The van der Waals surface area contributed by atoms with Gasteiger partial charge >= 0.3 is 8.56 Å². The highest BCUT2D eigenvalue weighted by molar-refractivity contribution is 6.86. The number of hydrogen-bond acceptors (Lipinski definition) is 4. The zero-order valence-electron chi connectivity index (χ0n) is 15.9. The first-order valence-corrected chi connectivity index (χ1v) is 16.9. The van der Waals surface area contributed by atoms with Crippen molar-refractivity contribution in [2.24, 2.45) is 0 Å². The summed E-state index contributed by atoms with van der Waals surface area (Å²) in [5.41, 5.74) is 0. The van der Waals surface area contributed by atoms with E-state index in [0.717, 1.165) is 12.8 Å². The Labute approximate surface area is 136 Å². The molecule has 128 valence electrons. The Bertz CT molecular complexity index is 285. The highest BCUT2D eigenvalue weighted by Crippen LogP contribution is 2.19. The van der Waals surface area contributed by atoms with E-state index < -0.39 is 25.5 Å². The van der Waals surface area contributed by atoms with E-state index in [4.69, 9.17) is 8.23 Å². The van der Waals surface area contributed by atoms with Gasteiger partial charge in [-0.05, 0) is 64.2 Å². The van der Waals surface area contributed by atoms with Crippen molar-refractivity contribution >= 4 is 25.5 Å². The zero-order valence-corrected chi connectivity index (χ0v) is 18.9. The lowest BCUT2D eigenvalue weighted by molar-refractivity contribution is 0.366. The van der Waals surface area contributed by atoms with Crippen LogP contribution >= 0.6 is 0 Å². The Hall–Kier alpha value is 0.491.